The second-order valence-corrected chi connectivity index (χ2v) is 6.36. The van der Waals surface area contributed by atoms with Gasteiger partial charge < -0.3 is 15.2 Å². The van der Waals surface area contributed by atoms with E-state index in [9.17, 15) is 22.4 Å². The fourth-order valence-corrected chi connectivity index (χ4v) is 2.67. The topological polar surface area (TPSA) is 89.3 Å². The minimum atomic E-state index is -4.57. The van der Waals surface area contributed by atoms with Crippen molar-refractivity contribution in [1.82, 2.24) is 20.1 Å². The lowest BCUT2D eigenvalue weighted by Gasteiger charge is -2.16. The first-order valence-corrected chi connectivity index (χ1v) is 8.95. The Morgan fingerprint density at radius 1 is 1.23 bits per heavy atom. The van der Waals surface area contributed by atoms with Crippen molar-refractivity contribution < 1.29 is 32.2 Å². The van der Waals surface area contributed by atoms with Crippen molar-refractivity contribution in [2.75, 3.05) is 13.2 Å². The van der Waals surface area contributed by atoms with E-state index in [1.54, 1.807) is 16.9 Å². The molecule has 0 aliphatic heterocycles. The molecule has 1 amide bonds. The lowest BCUT2D eigenvalue weighted by atomic mass is 10.2. The molecule has 3 rings (SSSR count). The summed E-state index contributed by atoms with van der Waals surface area (Å²) in [5, 5.41) is 16.3. The first-order valence-electron chi connectivity index (χ1n) is 8.95. The van der Waals surface area contributed by atoms with Crippen molar-refractivity contribution in [1.29, 1.82) is 0 Å². The molecule has 0 radical (unpaired) electrons. The van der Waals surface area contributed by atoms with E-state index in [2.05, 4.69) is 20.1 Å². The van der Waals surface area contributed by atoms with Crippen LogP contribution in [0.4, 0.5) is 17.6 Å². The Morgan fingerprint density at radius 3 is 2.63 bits per heavy atom. The summed E-state index contributed by atoms with van der Waals surface area (Å²) in [6.45, 7) is 0.506. The summed E-state index contributed by atoms with van der Waals surface area (Å²) < 4.78 is 55.9. The second kappa shape index (κ2) is 9.08. The van der Waals surface area contributed by atoms with Gasteiger partial charge in [-0.25, -0.2) is 0 Å². The van der Waals surface area contributed by atoms with Crippen molar-refractivity contribution >= 4 is 16.8 Å². The summed E-state index contributed by atoms with van der Waals surface area (Å²) in [6.07, 6.45) is -5.00. The van der Waals surface area contributed by atoms with Crippen molar-refractivity contribution in [2.45, 2.75) is 25.5 Å². The number of nitrogens with zero attached hydrogens (tertiary/aromatic N) is 3. The van der Waals surface area contributed by atoms with Gasteiger partial charge >= 0.3 is 12.5 Å². The van der Waals surface area contributed by atoms with E-state index >= 15 is 0 Å². The zero-order valence-corrected chi connectivity index (χ0v) is 15.6. The van der Waals surface area contributed by atoms with Crippen LogP contribution in [0.5, 0.6) is 5.75 Å². The number of amides is 1. The molecule has 0 saturated heterocycles. The lowest BCUT2D eigenvalue weighted by Crippen LogP contribution is -2.33. The predicted molar refractivity (Wildman–Crippen MR) is 98.7 cm³/mol. The average molecular weight is 426 g/mol. The van der Waals surface area contributed by atoms with Crippen LogP contribution in [0.2, 0.25) is 0 Å². The number of alkyl halides is 4. The maximum absolute atomic E-state index is 13.0. The van der Waals surface area contributed by atoms with Crippen molar-refractivity contribution in [3.8, 4) is 5.75 Å². The monoisotopic (exact) mass is 426 g/mol. The number of halogens is 4. The number of nitrogens with one attached hydrogen (secondary N) is 1. The molecule has 2 heterocycles. The molecule has 2 N–H and O–H groups in total. The molecule has 0 spiro atoms. The molecule has 3 aromatic rings. The van der Waals surface area contributed by atoms with E-state index in [-0.39, 0.29) is 24.6 Å². The number of fused-ring (bicyclic) bond motifs is 1. The highest BCUT2D eigenvalue weighted by Gasteiger charge is 2.43. The summed E-state index contributed by atoms with van der Waals surface area (Å²) in [5.74, 6) is -0.782. The largest absolute Gasteiger partial charge is 0.461 e. The molecule has 7 nitrogen and oxygen atoms in total. The maximum atomic E-state index is 13.0. The molecule has 0 fully saturated rings. The Bertz CT molecular complexity index is 1010. The van der Waals surface area contributed by atoms with Gasteiger partial charge in [-0.15, -0.1) is 0 Å². The number of aliphatic hydroxyl groups is 1. The number of aromatic nitrogens is 3. The molecular weight excluding hydrogens is 408 g/mol. The van der Waals surface area contributed by atoms with Crippen LogP contribution in [0, 0.1) is 0 Å². The number of pyridine rings is 1. The van der Waals surface area contributed by atoms with Crippen LogP contribution in [0.3, 0.4) is 0 Å². The number of benzene rings is 1. The molecule has 30 heavy (non-hydrogen) atoms. The molecule has 2 aromatic heterocycles. The second-order valence-electron chi connectivity index (χ2n) is 6.36. The highest BCUT2D eigenvalue weighted by Crippen LogP contribution is 2.27. The number of aliphatic hydroxyl groups excluding tert-OH is 1. The first-order chi connectivity index (χ1) is 14.3. The van der Waals surface area contributed by atoms with Gasteiger partial charge in [0.1, 0.15) is 11.4 Å². The fraction of sp³-hybridized carbons (Fsp3) is 0.316. The van der Waals surface area contributed by atoms with Crippen LogP contribution in [-0.4, -0.2) is 51.5 Å². The third-order valence-corrected chi connectivity index (χ3v) is 4.09. The smallest absolute Gasteiger partial charge is 0.428 e. The number of ether oxygens (including phenoxy) is 1. The minimum absolute atomic E-state index is 0.0422. The van der Waals surface area contributed by atoms with Crippen LogP contribution >= 0.6 is 0 Å². The molecule has 11 heteroatoms. The van der Waals surface area contributed by atoms with Crippen molar-refractivity contribution in [3.63, 3.8) is 0 Å². The Kier molecular flexibility index (Phi) is 6.50. The Balaban J connectivity index is 1.73. The summed E-state index contributed by atoms with van der Waals surface area (Å²) >= 11 is 0. The Labute approximate surface area is 168 Å². The van der Waals surface area contributed by atoms with Crippen LogP contribution in [0.25, 0.3) is 10.9 Å². The minimum Gasteiger partial charge on any atom is -0.428 e. The molecule has 0 saturated carbocycles. The standard InChI is InChI=1S/C19H18F4N4O3/c20-18(21)19(22,23)30-13-4-2-12(3-5-13)10-27-11-14-15(26-27)6-8-24-16(14)17(29)25-7-1-9-28/h2-6,8,11,18,28H,1,7,9-10H2,(H,25,29). The maximum Gasteiger partial charge on any atom is 0.461 e. The van der Waals surface area contributed by atoms with E-state index < -0.39 is 18.4 Å². The van der Waals surface area contributed by atoms with Crippen LogP contribution in [0.1, 0.15) is 22.5 Å². The predicted octanol–water partition coefficient (Wildman–Crippen LogP) is 2.83. The lowest BCUT2D eigenvalue weighted by molar-refractivity contribution is -0.253. The fourth-order valence-electron chi connectivity index (χ4n) is 2.67. The summed E-state index contributed by atoms with van der Waals surface area (Å²) in [6, 6.07) is 6.86. The summed E-state index contributed by atoms with van der Waals surface area (Å²) in [5.41, 5.74) is 1.38. The summed E-state index contributed by atoms with van der Waals surface area (Å²) in [4.78, 5) is 16.4. The Morgan fingerprint density at radius 2 is 1.97 bits per heavy atom. The van der Waals surface area contributed by atoms with Gasteiger partial charge in [0.15, 0.2) is 0 Å². The molecule has 0 unspecified atom stereocenters. The van der Waals surface area contributed by atoms with Gasteiger partial charge in [0, 0.05) is 25.5 Å². The van der Waals surface area contributed by atoms with E-state index in [0.29, 0.717) is 29.4 Å². The zero-order chi connectivity index (χ0) is 21.7. The van der Waals surface area contributed by atoms with Crippen LogP contribution in [0.15, 0.2) is 42.7 Å². The number of carbonyl (C=O) groups excluding carboxylic acids is 1. The van der Waals surface area contributed by atoms with Gasteiger partial charge in [-0.05, 0) is 30.2 Å². The SMILES string of the molecule is O=C(NCCCO)c1nccc2nn(Cc3ccc(OC(F)(F)C(F)F)cc3)cc12. The zero-order valence-electron chi connectivity index (χ0n) is 15.6. The molecule has 0 aliphatic rings. The number of rotatable bonds is 9. The average Bonchev–Trinajstić information content (AvgIpc) is 3.11. The molecule has 0 bridgehead atoms. The number of hydrogen-bond acceptors (Lipinski definition) is 5. The van der Waals surface area contributed by atoms with E-state index in [4.69, 9.17) is 5.11 Å². The van der Waals surface area contributed by atoms with E-state index in [0.717, 1.165) is 12.1 Å². The molecular formula is C19H18F4N4O3. The molecule has 160 valence electrons. The van der Waals surface area contributed by atoms with Gasteiger partial charge in [-0.3, -0.25) is 14.5 Å². The molecule has 0 aliphatic carbocycles. The Hall–Kier alpha value is -3.21. The number of hydrogen-bond donors (Lipinski definition) is 2. The first kappa shape index (κ1) is 21.5. The molecule has 0 atom stereocenters. The highest BCUT2D eigenvalue weighted by molar-refractivity contribution is 6.04. The van der Waals surface area contributed by atoms with Crippen molar-refractivity contribution in [2.24, 2.45) is 0 Å². The van der Waals surface area contributed by atoms with Gasteiger partial charge in [-0.1, -0.05) is 12.1 Å². The highest BCUT2D eigenvalue weighted by atomic mass is 19.3. The number of carbonyl (C=O) groups is 1. The van der Waals surface area contributed by atoms with E-state index in [1.165, 1.54) is 18.3 Å². The van der Waals surface area contributed by atoms with Crippen LogP contribution < -0.4 is 10.1 Å². The summed E-state index contributed by atoms with van der Waals surface area (Å²) in [7, 11) is 0. The molecule has 1 aromatic carbocycles. The van der Waals surface area contributed by atoms with Gasteiger partial charge in [0.2, 0.25) is 0 Å². The normalized spacial score (nSPS) is 11.8. The van der Waals surface area contributed by atoms with Crippen molar-refractivity contribution in [3.05, 3.63) is 54.0 Å². The van der Waals surface area contributed by atoms with Gasteiger partial charge in [0.25, 0.3) is 5.91 Å². The van der Waals surface area contributed by atoms with Crippen LogP contribution in [-0.2, 0) is 6.54 Å². The quantitative estimate of drug-likeness (QED) is 0.406. The third-order valence-electron chi connectivity index (χ3n) is 4.09. The van der Waals surface area contributed by atoms with Gasteiger partial charge in [-0.2, -0.15) is 22.7 Å². The third kappa shape index (κ3) is 5.03. The van der Waals surface area contributed by atoms with Gasteiger partial charge in [0.05, 0.1) is 17.4 Å². The van der Waals surface area contributed by atoms with E-state index in [1.807, 2.05) is 0 Å².